The molecule has 0 saturated carbocycles. The van der Waals surface area contributed by atoms with Crippen LogP contribution in [0.15, 0.2) is 48.5 Å². The van der Waals surface area contributed by atoms with Crippen molar-refractivity contribution in [1.82, 2.24) is 5.32 Å². The molecule has 2 N–H and O–H groups in total. The zero-order valence-electron chi connectivity index (χ0n) is 15.8. The van der Waals surface area contributed by atoms with Crippen LogP contribution in [0, 0.1) is 5.92 Å². The summed E-state index contributed by atoms with van der Waals surface area (Å²) < 4.78 is 46.3. The Balaban J connectivity index is 1.71. The van der Waals surface area contributed by atoms with E-state index in [0.29, 0.717) is 5.56 Å². The van der Waals surface area contributed by atoms with Crippen LogP contribution in [-0.2, 0) is 10.9 Å². The summed E-state index contributed by atoms with van der Waals surface area (Å²) in [5, 5.41) is 6.78. The summed E-state index contributed by atoms with van der Waals surface area (Å²) in [5.74, 6) is 0.0938. The number of alkyl halides is 3. The zero-order chi connectivity index (χ0) is 19.7. The summed E-state index contributed by atoms with van der Waals surface area (Å²) in [4.78, 5) is 0. The lowest BCUT2D eigenvalue weighted by molar-refractivity contribution is -0.138. The predicted molar refractivity (Wildman–Crippen MR) is 103 cm³/mol. The third kappa shape index (κ3) is 3.76. The fraction of sp³-hybridized carbons (Fsp3) is 0.455. The standard InChI is InChI=1S/C22H25F3N2O/c1-2-26-13-16-9-10-17-20(14-6-4-3-5-7-14)27-19-11-8-15(22(23,24)25)12-18(19)21(17)28-16/h3-8,11-12,16-17,20-21,26-27H,2,9-10,13H2,1H3/t16-,17+,20+,21+/m1/s1. The quantitative estimate of drug-likeness (QED) is 0.742. The van der Waals surface area contributed by atoms with Crippen molar-refractivity contribution in [2.45, 2.75) is 44.2 Å². The lowest BCUT2D eigenvalue weighted by atomic mass is 9.76. The van der Waals surface area contributed by atoms with Crippen molar-refractivity contribution in [1.29, 1.82) is 0 Å². The maximum Gasteiger partial charge on any atom is 0.416 e. The average Bonchev–Trinajstić information content (AvgIpc) is 2.71. The molecule has 150 valence electrons. The topological polar surface area (TPSA) is 33.3 Å². The molecular weight excluding hydrogens is 365 g/mol. The first-order valence-electron chi connectivity index (χ1n) is 9.86. The lowest BCUT2D eigenvalue weighted by Crippen LogP contribution is -2.42. The van der Waals surface area contributed by atoms with Crippen LogP contribution in [0.25, 0.3) is 0 Å². The minimum Gasteiger partial charge on any atom is -0.378 e. The van der Waals surface area contributed by atoms with Crippen molar-refractivity contribution in [2.75, 3.05) is 18.4 Å². The molecule has 4 rings (SSSR count). The van der Waals surface area contributed by atoms with Gasteiger partial charge >= 0.3 is 6.18 Å². The molecule has 1 saturated heterocycles. The molecule has 28 heavy (non-hydrogen) atoms. The predicted octanol–water partition coefficient (Wildman–Crippen LogP) is 5.32. The largest absolute Gasteiger partial charge is 0.416 e. The van der Waals surface area contributed by atoms with Crippen molar-refractivity contribution in [3.63, 3.8) is 0 Å². The smallest absolute Gasteiger partial charge is 0.378 e. The third-order valence-electron chi connectivity index (χ3n) is 5.76. The normalized spacial score (nSPS) is 26.9. The van der Waals surface area contributed by atoms with Gasteiger partial charge in [0.1, 0.15) is 0 Å². The average molecular weight is 390 g/mol. The first-order valence-corrected chi connectivity index (χ1v) is 9.86. The van der Waals surface area contributed by atoms with Crippen molar-refractivity contribution in [3.8, 4) is 0 Å². The molecule has 0 aromatic heterocycles. The van der Waals surface area contributed by atoms with Gasteiger partial charge in [0.15, 0.2) is 0 Å². The Bertz CT molecular complexity index is 809. The number of hydrogen-bond acceptors (Lipinski definition) is 3. The van der Waals surface area contributed by atoms with E-state index in [1.165, 1.54) is 6.07 Å². The Labute approximate surface area is 163 Å². The van der Waals surface area contributed by atoms with Crippen LogP contribution >= 0.6 is 0 Å². The molecule has 0 unspecified atom stereocenters. The van der Waals surface area contributed by atoms with E-state index in [2.05, 4.69) is 22.8 Å². The van der Waals surface area contributed by atoms with E-state index < -0.39 is 11.7 Å². The summed E-state index contributed by atoms with van der Waals surface area (Å²) in [6.07, 6.45) is -2.89. The van der Waals surface area contributed by atoms with Gasteiger partial charge < -0.3 is 15.4 Å². The van der Waals surface area contributed by atoms with Gasteiger partial charge in [0.05, 0.1) is 23.8 Å². The van der Waals surface area contributed by atoms with Crippen LogP contribution in [0.3, 0.4) is 0 Å². The molecule has 2 heterocycles. The fourth-order valence-corrected chi connectivity index (χ4v) is 4.38. The van der Waals surface area contributed by atoms with E-state index in [0.717, 1.165) is 43.2 Å². The number of ether oxygens (including phenoxy) is 1. The Morgan fingerprint density at radius 1 is 1.11 bits per heavy atom. The molecule has 6 heteroatoms. The third-order valence-corrected chi connectivity index (χ3v) is 5.76. The Kier molecular flexibility index (Phi) is 5.34. The number of hydrogen-bond donors (Lipinski definition) is 2. The molecule has 0 aliphatic carbocycles. The van der Waals surface area contributed by atoms with E-state index in [-0.39, 0.29) is 24.2 Å². The van der Waals surface area contributed by atoms with Gasteiger partial charge in [0, 0.05) is 23.7 Å². The number of fused-ring (bicyclic) bond motifs is 3. The second-order valence-corrected chi connectivity index (χ2v) is 7.56. The second kappa shape index (κ2) is 7.76. The van der Waals surface area contributed by atoms with E-state index >= 15 is 0 Å². The zero-order valence-corrected chi connectivity index (χ0v) is 15.8. The van der Waals surface area contributed by atoms with Crippen molar-refractivity contribution in [2.24, 2.45) is 5.92 Å². The Morgan fingerprint density at radius 2 is 1.89 bits per heavy atom. The SMILES string of the molecule is CCNC[C@H]1CC[C@@H]2[C@H](O1)c1cc(C(F)(F)F)ccc1N[C@H]2c1ccccc1. The van der Waals surface area contributed by atoms with Gasteiger partial charge in [-0.3, -0.25) is 0 Å². The molecule has 0 radical (unpaired) electrons. The first kappa shape index (κ1) is 19.3. The molecule has 0 bridgehead atoms. The van der Waals surface area contributed by atoms with Gasteiger partial charge in [0.2, 0.25) is 0 Å². The van der Waals surface area contributed by atoms with E-state index in [1.54, 1.807) is 6.07 Å². The number of anilines is 1. The number of rotatable bonds is 4. The van der Waals surface area contributed by atoms with Crippen LogP contribution in [0.1, 0.15) is 48.6 Å². The minimum absolute atomic E-state index is 0.0121. The maximum atomic E-state index is 13.3. The molecule has 4 atom stereocenters. The summed E-state index contributed by atoms with van der Waals surface area (Å²) in [7, 11) is 0. The summed E-state index contributed by atoms with van der Waals surface area (Å²) in [6, 6.07) is 14.1. The highest BCUT2D eigenvalue weighted by Gasteiger charge is 2.43. The number of nitrogens with one attached hydrogen (secondary N) is 2. The van der Waals surface area contributed by atoms with Gasteiger partial charge in [0.25, 0.3) is 0 Å². The number of benzene rings is 2. The first-order chi connectivity index (χ1) is 13.5. The monoisotopic (exact) mass is 390 g/mol. The fourth-order valence-electron chi connectivity index (χ4n) is 4.38. The van der Waals surface area contributed by atoms with Crippen LogP contribution in [0.4, 0.5) is 18.9 Å². The lowest BCUT2D eigenvalue weighted by Gasteiger charge is -2.46. The summed E-state index contributed by atoms with van der Waals surface area (Å²) in [6.45, 7) is 3.60. The molecule has 2 aliphatic heterocycles. The number of halogens is 3. The second-order valence-electron chi connectivity index (χ2n) is 7.56. The highest BCUT2D eigenvalue weighted by Crippen LogP contribution is 2.51. The molecular formula is C22H25F3N2O. The number of likely N-dealkylation sites (N-methyl/N-ethyl adjacent to an activating group) is 1. The van der Waals surface area contributed by atoms with E-state index in [4.69, 9.17) is 4.74 Å². The van der Waals surface area contributed by atoms with Crippen LogP contribution < -0.4 is 10.6 Å². The summed E-state index contributed by atoms with van der Waals surface area (Å²) in [5.41, 5.74) is 1.86. The molecule has 1 fully saturated rings. The van der Waals surface area contributed by atoms with E-state index in [9.17, 15) is 13.2 Å². The van der Waals surface area contributed by atoms with Gasteiger partial charge in [-0.2, -0.15) is 13.2 Å². The maximum absolute atomic E-state index is 13.3. The van der Waals surface area contributed by atoms with Gasteiger partial charge in [-0.15, -0.1) is 0 Å². The van der Waals surface area contributed by atoms with Crippen molar-refractivity contribution >= 4 is 5.69 Å². The van der Waals surface area contributed by atoms with Crippen LogP contribution in [-0.4, -0.2) is 19.2 Å². The highest BCUT2D eigenvalue weighted by atomic mass is 19.4. The molecule has 0 spiro atoms. The van der Waals surface area contributed by atoms with Gasteiger partial charge in [-0.1, -0.05) is 37.3 Å². The molecule has 3 nitrogen and oxygen atoms in total. The molecule has 2 aliphatic rings. The summed E-state index contributed by atoms with van der Waals surface area (Å²) >= 11 is 0. The Hall–Kier alpha value is -2.05. The Morgan fingerprint density at radius 3 is 2.61 bits per heavy atom. The van der Waals surface area contributed by atoms with Crippen LogP contribution in [0.5, 0.6) is 0 Å². The molecule has 2 aromatic carbocycles. The van der Waals surface area contributed by atoms with Crippen molar-refractivity contribution in [3.05, 3.63) is 65.2 Å². The molecule has 2 aromatic rings. The van der Waals surface area contributed by atoms with Gasteiger partial charge in [-0.25, -0.2) is 0 Å². The highest BCUT2D eigenvalue weighted by molar-refractivity contribution is 5.58. The van der Waals surface area contributed by atoms with Crippen molar-refractivity contribution < 1.29 is 17.9 Å². The minimum atomic E-state index is -4.36. The molecule has 0 amide bonds. The van der Waals surface area contributed by atoms with Crippen LogP contribution in [0.2, 0.25) is 0 Å². The van der Waals surface area contributed by atoms with E-state index in [1.807, 2.05) is 25.1 Å². The van der Waals surface area contributed by atoms with Gasteiger partial charge in [-0.05, 0) is 43.1 Å².